The molecule has 3 aromatic rings. The van der Waals surface area contributed by atoms with Crippen LogP contribution in [0.15, 0.2) is 54.9 Å². The van der Waals surface area contributed by atoms with Gasteiger partial charge in [-0.1, -0.05) is 29.8 Å². The molecular formula is C18H15ClFN3O. The van der Waals surface area contributed by atoms with Crippen molar-refractivity contribution in [1.82, 2.24) is 9.78 Å². The lowest BCUT2D eigenvalue weighted by molar-refractivity contribution is 0.0993. The number of anilines is 1. The van der Waals surface area contributed by atoms with Crippen LogP contribution < -0.4 is 4.90 Å². The first-order valence-electron chi connectivity index (χ1n) is 7.31. The topological polar surface area (TPSA) is 38.1 Å². The van der Waals surface area contributed by atoms with Gasteiger partial charge < -0.3 is 4.90 Å². The quantitative estimate of drug-likeness (QED) is 0.713. The highest BCUT2D eigenvalue weighted by Gasteiger charge is 2.17. The van der Waals surface area contributed by atoms with Gasteiger partial charge in [-0.15, -0.1) is 0 Å². The Morgan fingerprint density at radius 2 is 2.00 bits per heavy atom. The Morgan fingerprint density at radius 1 is 1.25 bits per heavy atom. The number of para-hydroxylation sites is 1. The van der Waals surface area contributed by atoms with Crippen molar-refractivity contribution in [2.45, 2.75) is 6.92 Å². The van der Waals surface area contributed by atoms with Crippen LogP contribution >= 0.6 is 11.6 Å². The van der Waals surface area contributed by atoms with E-state index in [1.807, 2.05) is 19.1 Å². The first kappa shape index (κ1) is 16.2. The number of hydrogen-bond donors (Lipinski definition) is 0. The molecule has 0 N–H and O–H groups in total. The van der Waals surface area contributed by atoms with Gasteiger partial charge in [-0.05, 0) is 36.8 Å². The summed E-state index contributed by atoms with van der Waals surface area (Å²) in [6, 6.07) is 11.7. The van der Waals surface area contributed by atoms with Crippen LogP contribution in [0.4, 0.5) is 10.1 Å². The molecule has 0 saturated heterocycles. The normalized spacial score (nSPS) is 10.7. The van der Waals surface area contributed by atoms with E-state index in [0.29, 0.717) is 16.3 Å². The summed E-state index contributed by atoms with van der Waals surface area (Å²) in [5.74, 6) is -0.657. The summed E-state index contributed by atoms with van der Waals surface area (Å²) in [5.41, 5.74) is 2.26. The van der Waals surface area contributed by atoms with Crippen molar-refractivity contribution < 1.29 is 9.18 Å². The minimum Gasteiger partial charge on any atom is -0.311 e. The van der Waals surface area contributed by atoms with Crippen molar-refractivity contribution in [2.75, 3.05) is 11.9 Å². The predicted octanol–water partition coefficient (Wildman–Crippen LogP) is 4.25. The van der Waals surface area contributed by atoms with Crippen LogP contribution in [0.3, 0.4) is 0 Å². The van der Waals surface area contributed by atoms with Gasteiger partial charge in [0.05, 0.1) is 11.8 Å². The molecule has 24 heavy (non-hydrogen) atoms. The fourth-order valence-corrected chi connectivity index (χ4v) is 2.48. The van der Waals surface area contributed by atoms with E-state index < -0.39 is 5.82 Å². The van der Waals surface area contributed by atoms with Crippen molar-refractivity contribution in [3.63, 3.8) is 0 Å². The molecule has 4 nitrogen and oxygen atoms in total. The molecule has 0 aliphatic carbocycles. The Kier molecular flexibility index (Phi) is 4.36. The van der Waals surface area contributed by atoms with Crippen LogP contribution in [-0.4, -0.2) is 22.7 Å². The number of amides is 1. The molecule has 3 rings (SSSR count). The van der Waals surface area contributed by atoms with Crippen LogP contribution in [0, 0.1) is 12.7 Å². The second-order valence-electron chi connectivity index (χ2n) is 5.42. The fraction of sp³-hybridized carbons (Fsp3) is 0.111. The number of aryl methyl sites for hydroxylation is 1. The van der Waals surface area contributed by atoms with Crippen LogP contribution in [-0.2, 0) is 0 Å². The maximum absolute atomic E-state index is 13.8. The summed E-state index contributed by atoms with van der Waals surface area (Å²) in [6.45, 7) is 1.90. The van der Waals surface area contributed by atoms with Gasteiger partial charge in [0.25, 0.3) is 5.91 Å². The van der Waals surface area contributed by atoms with E-state index in [-0.39, 0.29) is 11.6 Å². The molecule has 0 aliphatic rings. The van der Waals surface area contributed by atoms with Gasteiger partial charge in [0.15, 0.2) is 0 Å². The summed E-state index contributed by atoms with van der Waals surface area (Å²) < 4.78 is 15.2. The third-order valence-corrected chi connectivity index (χ3v) is 4.18. The SMILES string of the molecule is Cc1ccc(N(C)C(=O)c2cnn(-c3ccccc3F)c2)cc1Cl. The van der Waals surface area contributed by atoms with Gasteiger partial charge >= 0.3 is 0 Å². The van der Waals surface area contributed by atoms with Crippen LogP contribution in [0.1, 0.15) is 15.9 Å². The van der Waals surface area contributed by atoms with Crippen molar-refractivity contribution >= 4 is 23.2 Å². The van der Waals surface area contributed by atoms with Gasteiger partial charge in [-0.2, -0.15) is 5.10 Å². The Balaban J connectivity index is 1.88. The molecule has 0 unspecified atom stereocenters. The van der Waals surface area contributed by atoms with Crippen molar-refractivity contribution in [2.24, 2.45) is 0 Å². The maximum Gasteiger partial charge on any atom is 0.261 e. The van der Waals surface area contributed by atoms with E-state index >= 15 is 0 Å². The summed E-state index contributed by atoms with van der Waals surface area (Å²) in [4.78, 5) is 14.1. The Labute approximate surface area is 144 Å². The number of rotatable bonds is 3. The number of aromatic nitrogens is 2. The maximum atomic E-state index is 13.8. The Bertz CT molecular complexity index is 907. The average molecular weight is 344 g/mol. The highest BCUT2D eigenvalue weighted by atomic mass is 35.5. The van der Waals surface area contributed by atoms with Crippen molar-refractivity contribution in [3.8, 4) is 5.69 Å². The smallest absolute Gasteiger partial charge is 0.261 e. The molecule has 0 radical (unpaired) electrons. The number of halogens is 2. The zero-order chi connectivity index (χ0) is 17.3. The highest BCUT2D eigenvalue weighted by molar-refractivity contribution is 6.31. The molecule has 0 spiro atoms. The van der Waals surface area contributed by atoms with Crippen LogP contribution in [0.2, 0.25) is 5.02 Å². The molecule has 122 valence electrons. The van der Waals surface area contributed by atoms with E-state index in [4.69, 9.17) is 11.6 Å². The average Bonchev–Trinajstić information content (AvgIpc) is 3.06. The summed E-state index contributed by atoms with van der Waals surface area (Å²) >= 11 is 6.11. The minimum atomic E-state index is -0.404. The van der Waals surface area contributed by atoms with E-state index in [1.165, 1.54) is 28.0 Å². The zero-order valence-corrected chi connectivity index (χ0v) is 14.0. The largest absolute Gasteiger partial charge is 0.311 e. The number of carbonyl (C=O) groups is 1. The molecule has 1 heterocycles. The highest BCUT2D eigenvalue weighted by Crippen LogP contribution is 2.23. The lowest BCUT2D eigenvalue weighted by Crippen LogP contribution is -2.25. The lowest BCUT2D eigenvalue weighted by atomic mass is 10.2. The van der Waals surface area contributed by atoms with E-state index in [1.54, 1.807) is 31.3 Å². The number of benzene rings is 2. The van der Waals surface area contributed by atoms with Gasteiger partial charge in [0.1, 0.15) is 11.5 Å². The third-order valence-electron chi connectivity index (χ3n) is 3.78. The van der Waals surface area contributed by atoms with Crippen molar-refractivity contribution in [1.29, 1.82) is 0 Å². The van der Waals surface area contributed by atoms with Crippen LogP contribution in [0.25, 0.3) is 5.69 Å². The Morgan fingerprint density at radius 3 is 2.71 bits per heavy atom. The molecule has 0 atom stereocenters. The summed E-state index contributed by atoms with van der Waals surface area (Å²) in [6.07, 6.45) is 2.92. The van der Waals surface area contributed by atoms with Crippen LogP contribution in [0.5, 0.6) is 0 Å². The van der Waals surface area contributed by atoms with Gasteiger partial charge in [-0.3, -0.25) is 4.79 Å². The molecule has 1 aromatic heterocycles. The second kappa shape index (κ2) is 6.45. The van der Waals surface area contributed by atoms with Crippen molar-refractivity contribution in [3.05, 3.63) is 76.8 Å². The van der Waals surface area contributed by atoms with E-state index in [0.717, 1.165) is 5.56 Å². The molecular weight excluding hydrogens is 329 g/mol. The molecule has 0 saturated carbocycles. The monoisotopic (exact) mass is 343 g/mol. The van der Waals surface area contributed by atoms with E-state index in [2.05, 4.69) is 5.10 Å². The third kappa shape index (κ3) is 3.03. The van der Waals surface area contributed by atoms with E-state index in [9.17, 15) is 9.18 Å². The summed E-state index contributed by atoms with van der Waals surface area (Å²) in [5, 5.41) is 4.67. The molecule has 0 bridgehead atoms. The minimum absolute atomic E-state index is 0.252. The number of hydrogen-bond acceptors (Lipinski definition) is 2. The number of carbonyl (C=O) groups excluding carboxylic acids is 1. The fourth-order valence-electron chi connectivity index (χ4n) is 2.30. The molecule has 2 aromatic carbocycles. The molecule has 0 fully saturated rings. The van der Waals surface area contributed by atoms with Gasteiger partial charge in [-0.25, -0.2) is 9.07 Å². The zero-order valence-electron chi connectivity index (χ0n) is 13.2. The number of nitrogens with zero attached hydrogens (tertiary/aromatic N) is 3. The standard InChI is InChI=1S/C18H15ClFN3O/c1-12-7-8-14(9-15(12)19)22(2)18(24)13-10-21-23(11-13)17-6-4-3-5-16(17)20/h3-11H,1-2H3. The predicted molar refractivity (Wildman–Crippen MR) is 92.4 cm³/mol. The molecule has 6 heteroatoms. The molecule has 1 amide bonds. The molecule has 0 aliphatic heterocycles. The van der Waals surface area contributed by atoms with Gasteiger partial charge in [0, 0.05) is 24.0 Å². The second-order valence-corrected chi connectivity index (χ2v) is 5.83. The summed E-state index contributed by atoms with van der Waals surface area (Å²) in [7, 11) is 1.66. The Hall–Kier alpha value is -2.66. The lowest BCUT2D eigenvalue weighted by Gasteiger charge is -2.17. The first-order valence-corrected chi connectivity index (χ1v) is 7.69. The first-order chi connectivity index (χ1) is 11.5. The van der Waals surface area contributed by atoms with Gasteiger partial charge in [0.2, 0.25) is 0 Å².